The van der Waals surface area contributed by atoms with Gasteiger partial charge in [-0.2, -0.15) is 4.31 Å². The Morgan fingerprint density at radius 1 is 1.02 bits per heavy atom. The summed E-state index contributed by atoms with van der Waals surface area (Å²) < 4.78 is 30.0. The number of hydrogen-bond acceptors (Lipinski definition) is 7. The van der Waals surface area contributed by atoms with Crippen LogP contribution in [0.1, 0.15) is 17.5 Å². The SMILES string of the molecule is Cc1ccc2nc(-c3ccc(N4C(=O)CC(N(Cc5cccnc5)S(=O)(=O)c5cc(Cl)ccc5Cl)C4=O)cc3)sc2c1. The Bertz CT molecular complexity index is 1950. The van der Waals surface area contributed by atoms with Gasteiger partial charge in [0.1, 0.15) is 15.9 Å². The van der Waals surface area contributed by atoms with Gasteiger partial charge in [0.25, 0.3) is 5.91 Å². The van der Waals surface area contributed by atoms with Gasteiger partial charge in [0.2, 0.25) is 15.9 Å². The van der Waals surface area contributed by atoms with Crippen LogP contribution in [0.5, 0.6) is 0 Å². The Labute approximate surface area is 256 Å². The van der Waals surface area contributed by atoms with E-state index < -0.39 is 27.9 Å². The standard InChI is InChI=1S/C30H22Cl2N4O4S2/c1-18-4-11-24-26(13-18)41-29(34-24)20-5-8-22(9-6-20)36-28(37)15-25(30(36)38)35(17-19-3-2-12-33-16-19)42(39,40)27-14-21(31)7-10-23(27)32/h2-14,16,25H,15,17H2,1H3. The number of aryl methyl sites for hydroxylation is 1. The summed E-state index contributed by atoms with van der Waals surface area (Å²) in [6, 6.07) is 19.1. The Hall–Kier alpha value is -3.67. The number of nitrogens with zero attached hydrogens (tertiary/aromatic N) is 4. The fourth-order valence-electron chi connectivity index (χ4n) is 4.86. The normalized spacial score (nSPS) is 15.7. The number of rotatable bonds is 7. The first kappa shape index (κ1) is 28.4. The van der Waals surface area contributed by atoms with Gasteiger partial charge in [-0.05, 0) is 78.7 Å². The molecule has 6 rings (SSSR count). The molecule has 8 nitrogen and oxygen atoms in total. The zero-order valence-corrected chi connectivity index (χ0v) is 25.2. The topological polar surface area (TPSA) is 101 Å². The molecule has 42 heavy (non-hydrogen) atoms. The van der Waals surface area contributed by atoms with E-state index in [-0.39, 0.29) is 27.9 Å². The number of aromatic nitrogens is 2. The second-order valence-corrected chi connectivity index (χ2v) is 13.5. The lowest BCUT2D eigenvalue weighted by Gasteiger charge is -2.27. The zero-order valence-electron chi connectivity index (χ0n) is 22.1. The Morgan fingerprint density at radius 2 is 1.81 bits per heavy atom. The summed E-state index contributed by atoms with van der Waals surface area (Å²) in [7, 11) is -4.37. The average molecular weight is 638 g/mol. The maximum Gasteiger partial charge on any atom is 0.252 e. The molecule has 3 heterocycles. The van der Waals surface area contributed by atoms with Crippen molar-refractivity contribution in [3.63, 3.8) is 0 Å². The van der Waals surface area contributed by atoms with E-state index in [0.717, 1.165) is 35.6 Å². The highest BCUT2D eigenvalue weighted by Gasteiger charge is 2.47. The number of fused-ring (bicyclic) bond motifs is 1. The predicted octanol–water partition coefficient (Wildman–Crippen LogP) is 6.50. The third kappa shape index (κ3) is 5.32. The largest absolute Gasteiger partial charge is 0.274 e. The minimum absolute atomic E-state index is 0.0511. The van der Waals surface area contributed by atoms with Crippen molar-refractivity contribution in [1.82, 2.24) is 14.3 Å². The Kier molecular flexibility index (Phi) is 7.59. The molecule has 1 aliphatic rings. The number of imide groups is 1. The van der Waals surface area contributed by atoms with Crippen LogP contribution in [0.25, 0.3) is 20.8 Å². The molecule has 2 aromatic heterocycles. The lowest BCUT2D eigenvalue weighted by molar-refractivity contribution is -0.122. The van der Waals surface area contributed by atoms with Crippen molar-refractivity contribution in [2.45, 2.75) is 30.8 Å². The summed E-state index contributed by atoms with van der Waals surface area (Å²) >= 11 is 13.9. The number of amides is 2. The van der Waals surface area contributed by atoms with E-state index in [9.17, 15) is 18.0 Å². The van der Waals surface area contributed by atoms with Crippen molar-refractivity contribution in [3.05, 3.63) is 106 Å². The number of carbonyl (C=O) groups is 2. The van der Waals surface area contributed by atoms with Gasteiger partial charge in [-0.3, -0.25) is 14.6 Å². The van der Waals surface area contributed by atoms with Gasteiger partial charge in [0, 0.05) is 29.5 Å². The summed E-state index contributed by atoms with van der Waals surface area (Å²) in [4.78, 5) is 36.6. The molecule has 0 bridgehead atoms. The Balaban J connectivity index is 1.33. The molecule has 3 aromatic carbocycles. The van der Waals surface area contributed by atoms with Gasteiger partial charge in [-0.15, -0.1) is 11.3 Å². The molecular formula is C30H22Cl2N4O4S2. The van der Waals surface area contributed by atoms with Crippen molar-refractivity contribution in [2.75, 3.05) is 4.90 Å². The lowest BCUT2D eigenvalue weighted by Crippen LogP contribution is -2.45. The molecule has 0 radical (unpaired) electrons. The van der Waals surface area contributed by atoms with Gasteiger partial charge in [0.05, 0.1) is 27.3 Å². The zero-order chi connectivity index (χ0) is 29.6. The van der Waals surface area contributed by atoms with Gasteiger partial charge >= 0.3 is 0 Å². The second kappa shape index (κ2) is 11.2. The molecule has 1 unspecified atom stereocenters. The number of benzene rings is 3. The number of carbonyl (C=O) groups excluding carboxylic acids is 2. The average Bonchev–Trinajstić information content (AvgIpc) is 3.53. The Morgan fingerprint density at radius 3 is 2.55 bits per heavy atom. The van der Waals surface area contributed by atoms with Crippen molar-refractivity contribution < 1.29 is 18.0 Å². The van der Waals surface area contributed by atoms with Crippen LogP contribution in [0.15, 0.2) is 90.1 Å². The summed E-state index contributed by atoms with van der Waals surface area (Å²) in [5.41, 5.74) is 3.75. The van der Waals surface area contributed by atoms with Crippen LogP contribution in [0.2, 0.25) is 10.0 Å². The molecule has 0 saturated carbocycles. The first-order valence-corrected chi connectivity index (χ1v) is 15.8. The van der Waals surface area contributed by atoms with Gasteiger partial charge in [-0.25, -0.2) is 18.3 Å². The van der Waals surface area contributed by atoms with E-state index in [1.165, 1.54) is 24.4 Å². The summed E-state index contributed by atoms with van der Waals surface area (Å²) in [6.45, 7) is 1.82. The molecular weight excluding hydrogens is 615 g/mol. The van der Waals surface area contributed by atoms with Gasteiger partial charge < -0.3 is 0 Å². The molecule has 2 amide bonds. The van der Waals surface area contributed by atoms with Gasteiger partial charge in [-0.1, -0.05) is 35.3 Å². The molecule has 12 heteroatoms. The van der Waals surface area contributed by atoms with Crippen LogP contribution in [-0.2, 0) is 26.2 Å². The monoisotopic (exact) mass is 636 g/mol. The lowest BCUT2D eigenvalue weighted by atomic mass is 10.2. The molecule has 0 spiro atoms. The number of sulfonamides is 1. The molecule has 0 N–H and O–H groups in total. The van der Waals surface area contributed by atoms with E-state index in [0.29, 0.717) is 11.3 Å². The fourth-order valence-corrected chi connectivity index (χ4v) is 8.23. The summed E-state index contributed by atoms with van der Waals surface area (Å²) in [5, 5.41) is 0.925. The predicted molar refractivity (Wildman–Crippen MR) is 164 cm³/mol. The minimum atomic E-state index is -4.37. The van der Waals surface area contributed by atoms with Crippen LogP contribution in [-0.4, -0.2) is 40.5 Å². The van der Waals surface area contributed by atoms with E-state index in [2.05, 4.69) is 11.1 Å². The number of pyridine rings is 1. The van der Waals surface area contributed by atoms with E-state index in [1.807, 2.05) is 19.1 Å². The molecule has 1 aliphatic heterocycles. The van der Waals surface area contributed by atoms with Crippen LogP contribution >= 0.6 is 34.5 Å². The van der Waals surface area contributed by atoms with Crippen LogP contribution in [0.3, 0.4) is 0 Å². The van der Waals surface area contributed by atoms with Gasteiger partial charge in [0.15, 0.2) is 0 Å². The van der Waals surface area contributed by atoms with Crippen molar-refractivity contribution in [1.29, 1.82) is 0 Å². The highest BCUT2D eigenvalue weighted by molar-refractivity contribution is 7.89. The minimum Gasteiger partial charge on any atom is -0.274 e. The highest BCUT2D eigenvalue weighted by atomic mass is 35.5. The van der Waals surface area contributed by atoms with Crippen molar-refractivity contribution in [3.8, 4) is 10.6 Å². The summed E-state index contributed by atoms with van der Waals surface area (Å²) in [6.07, 6.45) is 2.72. The van der Waals surface area contributed by atoms with Crippen molar-refractivity contribution >= 4 is 72.3 Å². The number of halogens is 2. The molecule has 212 valence electrons. The van der Waals surface area contributed by atoms with Crippen LogP contribution in [0.4, 0.5) is 5.69 Å². The maximum atomic E-state index is 14.0. The second-order valence-electron chi connectivity index (χ2n) is 9.81. The number of hydrogen-bond donors (Lipinski definition) is 0. The van der Waals surface area contributed by atoms with Crippen molar-refractivity contribution in [2.24, 2.45) is 0 Å². The number of anilines is 1. The first-order valence-electron chi connectivity index (χ1n) is 12.8. The molecule has 5 aromatic rings. The maximum absolute atomic E-state index is 14.0. The smallest absolute Gasteiger partial charge is 0.252 e. The third-order valence-corrected chi connectivity index (χ3v) is 10.6. The molecule has 0 aliphatic carbocycles. The van der Waals surface area contributed by atoms with E-state index in [4.69, 9.17) is 28.2 Å². The first-order chi connectivity index (χ1) is 20.1. The van der Waals surface area contributed by atoms with E-state index >= 15 is 0 Å². The van der Waals surface area contributed by atoms with E-state index in [1.54, 1.807) is 53.9 Å². The number of thiazole rings is 1. The highest BCUT2D eigenvalue weighted by Crippen LogP contribution is 2.36. The molecule has 1 fully saturated rings. The fraction of sp³-hybridized carbons (Fsp3) is 0.133. The summed E-state index contributed by atoms with van der Waals surface area (Å²) in [5.74, 6) is -1.18. The molecule has 1 atom stereocenters. The molecule has 1 saturated heterocycles. The van der Waals surface area contributed by atoms with Crippen LogP contribution < -0.4 is 4.90 Å². The third-order valence-electron chi connectivity index (χ3n) is 6.93. The van der Waals surface area contributed by atoms with Crippen LogP contribution in [0, 0.1) is 6.92 Å². The quantitative estimate of drug-likeness (QED) is 0.189.